The number of unbranched alkanes of at least 4 members (excludes halogenated alkanes) is 14. The lowest BCUT2D eigenvalue weighted by molar-refractivity contribution is -0.889. The van der Waals surface area contributed by atoms with Crippen LogP contribution in [0.3, 0.4) is 0 Å². The standard InChI is InChI=1S/C46H79NO7/c1-6-8-10-12-14-16-18-20-22-23-25-26-28-30-32-34-36-44(48)53-41-42(40-52-39-38-43(46(50)51)47(3,4)5)54-45(49)37-35-33-31-29-27-24-21-19-17-15-13-11-9-7-2/h9,11,15,17,21-26,42-43H,6-8,10,12-14,16,18-20,27-41H2,1-5H3/b11-9+,17-15+,23-22+,24-21+,26-25+. The molecule has 0 aliphatic heterocycles. The molecule has 0 aromatic heterocycles. The first-order valence-electron chi connectivity index (χ1n) is 21.3. The van der Waals surface area contributed by atoms with Crippen LogP contribution in [0.1, 0.15) is 162 Å². The normalized spacial score (nSPS) is 13.6. The predicted octanol–water partition coefficient (Wildman–Crippen LogP) is 10.1. The molecule has 0 aliphatic rings. The second-order valence-corrected chi connectivity index (χ2v) is 15.2. The number of quaternary nitrogens is 1. The van der Waals surface area contributed by atoms with E-state index >= 15 is 0 Å². The Morgan fingerprint density at radius 1 is 0.593 bits per heavy atom. The van der Waals surface area contributed by atoms with E-state index in [0.717, 1.165) is 83.5 Å². The molecule has 310 valence electrons. The average molecular weight is 758 g/mol. The lowest BCUT2D eigenvalue weighted by Gasteiger charge is -2.34. The van der Waals surface area contributed by atoms with Crippen molar-refractivity contribution in [2.75, 3.05) is 41.0 Å². The third-order valence-corrected chi connectivity index (χ3v) is 9.17. The molecular weight excluding hydrogens is 679 g/mol. The van der Waals surface area contributed by atoms with Crippen LogP contribution in [0.15, 0.2) is 60.8 Å². The molecule has 8 heteroatoms. The van der Waals surface area contributed by atoms with Crippen LogP contribution in [0.2, 0.25) is 0 Å². The monoisotopic (exact) mass is 758 g/mol. The number of ether oxygens (including phenoxy) is 3. The van der Waals surface area contributed by atoms with E-state index in [4.69, 9.17) is 14.2 Å². The maximum Gasteiger partial charge on any atom is 0.306 e. The summed E-state index contributed by atoms with van der Waals surface area (Å²) >= 11 is 0. The van der Waals surface area contributed by atoms with E-state index in [1.54, 1.807) is 21.1 Å². The zero-order valence-electron chi connectivity index (χ0n) is 35.1. The number of likely N-dealkylation sites (N-methyl/N-ethyl adjacent to an activating group) is 1. The number of allylic oxidation sites excluding steroid dienone is 10. The first-order chi connectivity index (χ1) is 26.1. The SMILES string of the molecule is CC/C=C/C/C=C/C/C=C/CCCCCCC(=O)OC(COCCC(C(=O)[O-])[N+](C)(C)C)COC(=O)CCCCC/C=C/C=C/CCCCCCCCC. The zero-order valence-corrected chi connectivity index (χ0v) is 35.1. The largest absolute Gasteiger partial charge is 0.544 e. The molecule has 0 radical (unpaired) electrons. The minimum atomic E-state index is -1.14. The Balaban J connectivity index is 4.46. The predicted molar refractivity (Wildman–Crippen MR) is 222 cm³/mol. The second-order valence-electron chi connectivity index (χ2n) is 15.2. The van der Waals surface area contributed by atoms with Crippen molar-refractivity contribution >= 4 is 17.9 Å². The fourth-order valence-electron chi connectivity index (χ4n) is 5.84. The van der Waals surface area contributed by atoms with Crippen molar-refractivity contribution in [3.8, 4) is 0 Å². The third kappa shape index (κ3) is 34.8. The summed E-state index contributed by atoms with van der Waals surface area (Å²) in [6.07, 6.45) is 43.9. The highest BCUT2D eigenvalue weighted by molar-refractivity contribution is 5.70. The number of hydrogen-bond donors (Lipinski definition) is 0. The summed E-state index contributed by atoms with van der Waals surface area (Å²) in [6, 6.07) is -0.735. The molecule has 2 unspecified atom stereocenters. The van der Waals surface area contributed by atoms with Crippen LogP contribution in [0.25, 0.3) is 0 Å². The molecule has 0 N–H and O–H groups in total. The molecule has 0 amide bonds. The van der Waals surface area contributed by atoms with Crippen molar-refractivity contribution < 1.29 is 38.2 Å². The smallest absolute Gasteiger partial charge is 0.306 e. The Hall–Kier alpha value is -2.97. The van der Waals surface area contributed by atoms with Gasteiger partial charge in [-0.2, -0.15) is 0 Å². The Kier molecular flexibility index (Phi) is 34.9. The van der Waals surface area contributed by atoms with E-state index in [1.165, 1.54) is 44.9 Å². The molecule has 8 nitrogen and oxygen atoms in total. The molecule has 0 fully saturated rings. The Labute approximate surface area is 330 Å². The maximum atomic E-state index is 12.7. The first-order valence-corrected chi connectivity index (χ1v) is 21.3. The average Bonchev–Trinajstić information content (AvgIpc) is 3.12. The first kappa shape index (κ1) is 51.0. The number of rotatable bonds is 37. The van der Waals surface area contributed by atoms with Gasteiger partial charge >= 0.3 is 11.9 Å². The van der Waals surface area contributed by atoms with Crippen molar-refractivity contribution in [1.29, 1.82) is 0 Å². The van der Waals surface area contributed by atoms with E-state index in [2.05, 4.69) is 74.6 Å². The van der Waals surface area contributed by atoms with E-state index < -0.39 is 18.1 Å². The quantitative estimate of drug-likeness (QED) is 0.0204. The minimum Gasteiger partial charge on any atom is -0.544 e. The molecule has 2 atom stereocenters. The number of carbonyl (C=O) groups excluding carboxylic acids is 3. The van der Waals surface area contributed by atoms with Crippen molar-refractivity contribution in [3.63, 3.8) is 0 Å². The maximum absolute atomic E-state index is 12.7. The summed E-state index contributed by atoms with van der Waals surface area (Å²) in [7, 11) is 5.38. The molecule has 0 heterocycles. The molecule has 0 bridgehead atoms. The van der Waals surface area contributed by atoms with Gasteiger partial charge in [0.15, 0.2) is 6.10 Å². The third-order valence-electron chi connectivity index (χ3n) is 9.17. The summed E-state index contributed by atoms with van der Waals surface area (Å²) in [5, 5.41) is 11.6. The van der Waals surface area contributed by atoms with Gasteiger partial charge in [0, 0.05) is 19.3 Å². The number of carboxylic acids is 1. The fourth-order valence-corrected chi connectivity index (χ4v) is 5.84. The van der Waals surface area contributed by atoms with Crippen LogP contribution in [0.4, 0.5) is 0 Å². The van der Waals surface area contributed by atoms with Gasteiger partial charge in [-0.05, 0) is 70.6 Å². The van der Waals surface area contributed by atoms with Crippen molar-refractivity contribution in [2.45, 2.75) is 174 Å². The highest BCUT2D eigenvalue weighted by Crippen LogP contribution is 2.12. The van der Waals surface area contributed by atoms with Crippen molar-refractivity contribution in [3.05, 3.63) is 60.8 Å². The Morgan fingerprint density at radius 3 is 1.67 bits per heavy atom. The van der Waals surface area contributed by atoms with Gasteiger partial charge in [-0.3, -0.25) is 9.59 Å². The lowest BCUT2D eigenvalue weighted by atomic mass is 10.1. The Morgan fingerprint density at radius 2 is 1.09 bits per heavy atom. The van der Waals surface area contributed by atoms with Crippen molar-refractivity contribution in [1.82, 2.24) is 0 Å². The van der Waals surface area contributed by atoms with Crippen LogP contribution >= 0.6 is 0 Å². The van der Waals surface area contributed by atoms with Gasteiger partial charge in [0.25, 0.3) is 0 Å². The van der Waals surface area contributed by atoms with E-state index in [0.29, 0.717) is 6.42 Å². The van der Waals surface area contributed by atoms with Gasteiger partial charge in [0.1, 0.15) is 12.6 Å². The summed E-state index contributed by atoms with van der Waals surface area (Å²) in [4.78, 5) is 36.8. The van der Waals surface area contributed by atoms with Crippen LogP contribution in [0.5, 0.6) is 0 Å². The molecule has 0 aliphatic carbocycles. The number of aliphatic carboxylic acids is 1. The van der Waals surface area contributed by atoms with Gasteiger partial charge < -0.3 is 28.6 Å². The van der Waals surface area contributed by atoms with Gasteiger partial charge in [0.2, 0.25) is 0 Å². The molecule has 54 heavy (non-hydrogen) atoms. The van der Waals surface area contributed by atoms with Gasteiger partial charge in [-0.25, -0.2) is 0 Å². The van der Waals surface area contributed by atoms with Crippen LogP contribution in [-0.4, -0.2) is 75.5 Å². The van der Waals surface area contributed by atoms with Gasteiger partial charge in [0.05, 0.1) is 40.3 Å². The van der Waals surface area contributed by atoms with Gasteiger partial charge in [-0.15, -0.1) is 0 Å². The number of hydrogen-bond acceptors (Lipinski definition) is 7. The van der Waals surface area contributed by atoms with E-state index in [-0.39, 0.29) is 49.1 Å². The van der Waals surface area contributed by atoms with Crippen molar-refractivity contribution in [2.24, 2.45) is 0 Å². The highest BCUT2D eigenvalue weighted by Gasteiger charge is 2.25. The lowest BCUT2D eigenvalue weighted by Crippen LogP contribution is -2.55. The molecule has 0 saturated heterocycles. The Bertz CT molecular complexity index is 1070. The minimum absolute atomic E-state index is 0.0206. The summed E-state index contributed by atoms with van der Waals surface area (Å²) in [5.74, 6) is -1.81. The summed E-state index contributed by atoms with van der Waals surface area (Å²) in [6.45, 7) is 4.47. The van der Waals surface area contributed by atoms with E-state index in [1.807, 2.05) is 0 Å². The highest BCUT2D eigenvalue weighted by atomic mass is 16.6. The molecular formula is C46H79NO7. The van der Waals surface area contributed by atoms with Crippen LogP contribution in [0, 0.1) is 0 Å². The zero-order chi connectivity index (χ0) is 40.0. The summed E-state index contributed by atoms with van der Waals surface area (Å²) in [5.41, 5.74) is 0. The molecule has 0 rings (SSSR count). The number of nitrogens with zero attached hydrogens (tertiary/aromatic N) is 1. The molecule has 0 saturated carbocycles. The number of carboxylic acid groups (broad SMARTS) is 1. The number of esters is 2. The molecule has 0 aromatic carbocycles. The number of carbonyl (C=O) groups is 3. The second kappa shape index (κ2) is 37.0. The fraction of sp³-hybridized carbons (Fsp3) is 0.717. The van der Waals surface area contributed by atoms with Gasteiger partial charge in [-0.1, -0.05) is 132 Å². The summed E-state index contributed by atoms with van der Waals surface area (Å²) < 4.78 is 17.1. The van der Waals surface area contributed by atoms with Crippen LogP contribution < -0.4 is 5.11 Å². The van der Waals surface area contributed by atoms with Crippen LogP contribution in [-0.2, 0) is 28.6 Å². The molecule has 0 spiro atoms. The topological polar surface area (TPSA) is 102 Å². The molecule has 0 aromatic rings. The van der Waals surface area contributed by atoms with E-state index in [9.17, 15) is 19.5 Å².